The highest BCUT2D eigenvalue weighted by molar-refractivity contribution is 6.01. The average molecular weight is 430 g/mol. The van der Waals surface area contributed by atoms with Gasteiger partial charge in [-0.2, -0.15) is 0 Å². The monoisotopic (exact) mass is 429 g/mol. The number of hydrogen-bond acceptors (Lipinski definition) is 4. The van der Waals surface area contributed by atoms with Gasteiger partial charge in [0.05, 0.1) is 12.2 Å². The third-order valence-corrected chi connectivity index (χ3v) is 6.16. The minimum absolute atomic E-state index is 0.307. The molecule has 0 saturated heterocycles. The first-order chi connectivity index (χ1) is 15.5. The van der Waals surface area contributed by atoms with Crippen LogP contribution in [0.15, 0.2) is 65.5 Å². The van der Waals surface area contributed by atoms with E-state index in [1.807, 2.05) is 31.2 Å². The van der Waals surface area contributed by atoms with Crippen LogP contribution in [0, 0.1) is 12.8 Å². The van der Waals surface area contributed by atoms with Crippen LogP contribution in [0.3, 0.4) is 0 Å². The fourth-order valence-electron chi connectivity index (χ4n) is 4.52. The predicted octanol–water partition coefficient (Wildman–Crippen LogP) is 6.67. The quantitative estimate of drug-likeness (QED) is 0.521. The first-order valence-corrected chi connectivity index (χ1v) is 11.5. The van der Waals surface area contributed by atoms with Crippen LogP contribution in [-0.2, 0) is 4.74 Å². The maximum absolute atomic E-state index is 12.8. The van der Waals surface area contributed by atoms with Gasteiger partial charge in [0.25, 0.3) is 0 Å². The molecular weight excluding hydrogens is 398 g/mol. The molecule has 4 rings (SSSR count). The van der Waals surface area contributed by atoms with E-state index in [0.29, 0.717) is 18.1 Å². The van der Waals surface area contributed by atoms with Crippen molar-refractivity contribution in [2.45, 2.75) is 41.0 Å². The number of rotatable bonds is 6. The molecule has 2 aliphatic rings. The summed E-state index contributed by atoms with van der Waals surface area (Å²) in [6.45, 7) is 11.5. The van der Waals surface area contributed by atoms with Crippen molar-refractivity contribution in [1.29, 1.82) is 0 Å². The lowest BCUT2D eigenvalue weighted by Gasteiger charge is -2.31. The number of hydrogen-bond donors (Lipinski definition) is 1. The molecule has 1 aliphatic heterocycles. The van der Waals surface area contributed by atoms with Crippen molar-refractivity contribution >= 4 is 17.2 Å². The third-order valence-electron chi connectivity index (χ3n) is 6.16. The van der Waals surface area contributed by atoms with Gasteiger partial charge in [0.15, 0.2) is 0 Å². The summed E-state index contributed by atoms with van der Waals surface area (Å²) >= 11 is 0. The van der Waals surface area contributed by atoms with E-state index in [9.17, 15) is 4.79 Å². The molecule has 2 aromatic carbocycles. The molecule has 4 nitrogen and oxygen atoms in total. The highest BCUT2D eigenvalue weighted by atomic mass is 16.5. The zero-order valence-electron chi connectivity index (χ0n) is 19.5. The number of carbonyl (C=O) groups excluding carboxylic acids is 1. The van der Waals surface area contributed by atoms with Gasteiger partial charge in [-0.15, -0.1) is 0 Å². The van der Waals surface area contributed by atoms with Crippen molar-refractivity contribution in [3.8, 4) is 5.75 Å². The molecule has 166 valence electrons. The van der Waals surface area contributed by atoms with Crippen LogP contribution in [0.25, 0.3) is 5.57 Å². The number of ether oxygens (including phenoxy) is 2. The first kappa shape index (κ1) is 21.9. The van der Waals surface area contributed by atoms with Crippen molar-refractivity contribution in [3.63, 3.8) is 0 Å². The van der Waals surface area contributed by atoms with Crippen LogP contribution in [0.2, 0.25) is 0 Å². The standard InChI is InChI=1S/C28H31NO3/c1-6-19-15-25-22(13-17(19)4)27(20-11-9-10-12-21(20)28(30)31-8-3)23-14-18(5)24(29-7-2)16-26(23)32-25/h9-16,19,29H,6-8H2,1-5H3. The summed E-state index contributed by atoms with van der Waals surface area (Å²) in [6.07, 6.45) is 5.45. The largest absolute Gasteiger partial charge is 0.462 e. The lowest BCUT2D eigenvalue weighted by Crippen LogP contribution is -2.18. The number of benzene rings is 2. The highest BCUT2D eigenvalue weighted by Crippen LogP contribution is 2.47. The third kappa shape index (κ3) is 3.86. The summed E-state index contributed by atoms with van der Waals surface area (Å²) in [5.74, 6) is 1.70. The maximum Gasteiger partial charge on any atom is 0.338 e. The summed E-state index contributed by atoms with van der Waals surface area (Å²) in [6, 6.07) is 11.9. The molecule has 0 spiro atoms. The van der Waals surface area contributed by atoms with E-state index in [-0.39, 0.29) is 5.97 Å². The average Bonchev–Trinajstić information content (AvgIpc) is 2.78. The van der Waals surface area contributed by atoms with E-state index in [4.69, 9.17) is 9.47 Å². The Hall–Kier alpha value is -3.27. The van der Waals surface area contributed by atoms with Gasteiger partial charge in [-0.25, -0.2) is 4.79 Å². The van der Waals surface area contributed by atoms with Crippen molar-refractivity contribution in [2.75, 3.05) is 18.5 Å². The van der Waals surface area contributed by atoms with Crippen molar-refractivity contribution in [2.24, 2.45) is 5.92 Å². The molecule has 0 aromatic heterocycles. The van der Waals surface area contributed by atoms with E-state index in [0.717, 1.165) is 58.0 Å². The molecule has 1 N–H and O–H groups in total. The second-order valence-electron chi connectivity index (χ2n) is 8.28. The molecule has 0 saturated carbocycles. The Morgan fingerprint density at radius 3 is 2.59 bits per heavy atom. The predicted molar refractivity (Wildman–Crippen MR) is 130 cm³/mol. The number of aryl methyl sites for hydroxylation is 1. The number of allylic oxidation sites excluding steroid dienone is 3. The molecule has 0 fully saturated rings. The molecule has 0 bridgehead atoms. The van der Waals surface area contributed by atoms with Gasteiger partial charge in [-0.05, 0) is 63.5 Å². The number of carbonyl (C=O) groups is 1. The number of esters is 1. The van der Waals surface area contributed by atoms with Crippen molar-refractivity contribution < 1.29 is 14.3 Å². The van der Waals surface area contributed by atoms with Crippen molar-refractivity contribution in [3.05, 3.63) is 87.7 Å². The Morgan fingerprint density at radius 2 is 1.88 bits per heavy atom. The van der Waals surface area contributed by atoms with Crippen molar-refractivity contribution in [1.82, 2.24) is 0 Å². The highest BCUT2D eigenvalue weighted by Gasteiger charge is 2.31. The second kappa shape index (κ2) is 9.07. The van der Waals surface area contributed by atoms with Gasteiger partial charge in [0.1, 0.15) is 11.5 Å². The first-order valence-electron chi connectivity index (χ1n) is 11.5. The summed E-state index contributed by atoms with van der Waals surface area (Å²) in [5, 5.41) is 3.42. The SMILES string of the molecule is CCNc1cc2c(cc1C)C(c1ccccc1C(=O)OCC)=C1C=C(C)C(CC)C=C1O2. The van der Waals surface area contributed by atoms with Gasteiger partial charge < -0.3 is 14.8 Å². The fourth-order valence-corrected chi connectivity index (χ4v) is 4.52. The topological polar surface area (TPSA) is 47.6 Å². The molecular formula is C28H31NO3. The molecule has 4 heteroatoms. The van der Waals surface area contributed by atoms with E-state index in [1.54, 1.807) is 0 Å². The molecule has 1 heterocycles. The molecule has 0 radical (unpaired) electrons. The van der Waals surface area contributed by atoms with Gasteiger partial charge in [-0.3, -0.25) is 0 Å². The molecule has 1 unspecified atom stereocenters. The minimum atomic E-state index is -0.307. The summed E-state index contributed by atoms with van der Waals surface area (Å²) in [7, 11) is 0. The Bertz CT molecular complexity index is 1150. The van der Waals surface area contributed by atoms with E-state index in [2.05, 4.69) is 57.3 Å². The molecule has 32 heavy (non-hydrogen) atoms. The zero-order valence-corrected chi connectivity index (χ0v) is 19.5. The van der Waals surface area contributed by atoms with Crippen LogP contribution in [-0.4, -0.2) is 19.1 Å². The smallest absolute Gasteiger partial charge is 0.338 e. The fraction of sp³-hybridized carbons (Fsp3) is 0.321. The van der Waals surface area contributed by atoms with Gasteiger partial charge in [-0.1, -0.05) is 36.8 Å². The van der Waals surface area contributed by atoms with Crippen LogP contribution >= 0.6 is 0 Å². The van der Waals surface area contributed by atoms with Gasteiger partial charge in [0.2, 0.25) is 0 Å². The lowest BCUT2D eigenvalue weighted by atomic mass is 9.81. The number of nitrogens with one attached hydrogen (secondary N) is 1. The van der Waals surface area contributed by atoms with Crippen LogP contribution in [0.4, 0.5) is 5.69 Å². The second-order valence-corrected chi connectivity index (χ2v) is 8.28. The van der Waals surface area contributed by atoms with Gasteiger partial charge >= 0.3 is 5.97 Å². The summed E-state index contributed by atoms with van der Waals surface area (Å²) < 4.78 is 11.8. The van der Waals surface area contributed by atoms with E-state index in [1.165, 1.54) is 5.57 Å². The Morgan fingerprint density at radius 1 is 1.09 bits per heavy atom. The van der Waals surface area contributed by atoms with Crippen LogP contribution in [0.5, 0.6) is 5.75 Å². The summed E-state index contributed by atoms with van der Waals surface area (Å²) in [5.41, 5.74) is 7.96. The van der Waals surface area contributed by atoms with Gasteiger partial charge in [0, 0.05) is 40.9 Å². The molecule has 2 aromatic rings. The normalized spacial score (nSPS) is 17.0. The van der Waals surface area contributed by atoms with Crippen LogP contribution < -0.4 is 10.1 Å². The summed E-state index contributed by atoms with van der Waals surface area (Å²) in [4.78, 5) is 12.8. The van der Waals surface area contributed by atoms with E-state index >= 15 is 0 Å². The van der Waals surface area contributed by atoms with Crippen LogP contribution in [0.1, 0.15) is 61.2 Å². The molecule has 1 aliphatic carbocycles. The Balaban J connectivity index is 2.01. The minimum Gasteiger partial charge on any atom is -0.462 e. The lowest BCUT2D eigenvalue weighted by molar-refractivity contribution is 0.0526. The molecule has 0 amide bonds. The van der Waals surface area contributed by atoms with E-state index < -0.39 is 0 Å². The maximum atomic E-state index is 12.8. The number of fused-ring (bicyclic) bond motifs is 2. The molecule has 1 atom stereocenters. The Labute approximate surface area is 190 Å². The zero-order chi connectivity index (χ0) is 22.8. The Kier molecular flexibility index (Phi) is 6.22. The number of anilines is 1.